The molecule has 8 nitrogen and oxygen atoms in total. The van der Waals surface area contributed by atoms with Gasteiger partial charge in [-0.2, -0.15) is 5.26 Å². The van der Waals surface area contributed by atoms with Gasteiger partial charge in [0.1, 0.15) is 6.61 Å². The van der Waals surface area contributed by atoms with Gasteiger partial charge in [0.05, 0.1) is 47.2 Å². The Bertz CT molecular complexity index is 2220. The van der Waals surface area contributed by atoms with Crippen LogP contribution in [-0.4, -0.2) is 24.3 Å². The normalized spacial score (nSPS) is 14.2. The zero-order chi connectivity index (χ0) is 32.9. The molecule has 0 N–H and O–H groups in total. The molecule has 1 aromatic heterocycles. The number of fused-ring (bicyclic) bond motifs is 1. The van der Waals surface area contributed by atoms with Gasteiger partial charge in [0.25, 0.3) is 5.56 Å². The smallest absolute Gasteiger partial charge is 0.338 e. The fourth-order valence-corrected chi connectivity index (χ4v) is 6.53. The highest BCUT2D eigenvalue weighted by Crippen LogP contribution is 2.36. The van der Waals surface area contributed by atoms with Crippen LogP contribution < -0.4 is 24.4 Å². The average molecular weight is 662 g/mol. The third-order valence-electron chi connectivity index (χ3n) is 7.59. The van der Waals surface area contributed by atoms with Crippen LogP contribution in [0, 0.1) is 11.3 Å². The Morgan fingerprint density at radius 1 is 1.02 bits per heavy atom. The Labute approximate surface area is 279 Å². The molecule has 1 atom stereocenters. The average Bonchev–Trinajstić information content (AvgIpc) is 3.41. The fourth-order valence-electron chi connectivity index (χ4n) is 5.41. The second-order valence-electron chi connectivity index (χ2n) is 10.4. The third-order valence-corrected chi connectivity index (χ3v) is 8.82. The summed E-state index contributed by atoms with van der Waals surface area (Å²) in [6.45, 7) is 2.01. The van der Waals surface area contributed by atoms with Crippen molar-refractivity contribution in [3.8, 4) is 17.6 Å². The number of esters is 1. The van der Waals surface area contributed by atoms with Crippen molar-refractivity contribution in [2.75, 3.05) is 13.7 Å². The number of carbonyl (C=O) groups excluding carboxylic acids is 1. The first-order chi connectivity index (χ1) is 22.9. The van der Waals surface area contributed by atoms with Crippen molar-refractivity contribution < 1.29 is 19.0 Å². The van der Waals surface area contributed by atoms with E-state index in [2.05, 4.69) is 6.07 Å². The summed E-state index contributed by atoms with van der Waals surface area (Å²) in [5.74, 6) is 0.321. The van der Waals surface area contributed by atoms with E-state index in [-0.39, 0.29) is 24.3 Å². The Balaban J connectivity index is 1.55. The van der Waals surface area contributed by atoms with Crippen LogP contribution in [0.4, 0.5) is 0 Å². The second-order valence-corrected chi connectivity index (χ2v) is 11.9. The van der Waals surface area contributed by atoms with Gasteiger partial charge < -0.3 is 14.2 Å². The predicted molar refractivity (Wildman–Crippen MR) is 181 cm³/mol. The molecule has 1 aliphatic heterocycles. The summed E-state index contributed by atoms with van der Waals surface area (Å²) in [6, 6.07) is 30.4. The van der Waals surface area contributed by atoms with Gasteiger partial charge in [0.15, 0.2) is 16.3 Å². The van der Waals surface area contributed by atoms with E-state index in [1.165, 1.54) is 23.0 Å². The molecule has 47 heavy (non-hydrogen) atoms. The molecule has 0 aliphatic carbocycles. The number of halogens is 1. The summed E-state index contributed by atoms with van der Waals surface area (Å²) in [6.07, 6.45) is 1.73. The molecule has 0 saturated carbocycles. The molecule has 234 valence electrons. The Morgan fingerprint density at radius 3 is 2.49 bits per heavy atom. The lowest BCUT2D eigenvalue weighted by Crippen LogP contribution is -2.40. The number of hydrogen-bond acceptors (Lipinski definition) is 8. The number of ether oxygens (including phenoxy) is 3. The van der Waals surface area contributed by atoms with Gasteiger partial charge in [0, 0.05) is 21.7 Å². The highest BCUT2D eigenvalue weighted by atomic mass is 35.5. The molecule has 0 spiro atoms. The summed E-state index contributed by atoms with van der Waals surface area (Å²) in [4.78, 5) is 33.3. The number of nitrogens with zero attached hydrogens (tertiary/aromatic N) is 3. The second kappa shape index (κ2) is 13.9. The maximum atomic E-state index is 14.3. The molecule has 10 heteroatoms. The van der Waals surface area contributed by atoms with Crippen molar-refractivity contribution in [3.05, 3.63) is 155 Å². The van der Waals surface area contributed by atoms with Gasteiger partial charge in [-0.05, 0) is 42.8 Å². The number of nitriles is 1. The zero-order valence-corrected chi connectivity index (χ0v) is 27.0. The maximum Gasteiger partial charge on any atom is 0.338 e. The Morgan fingerprint density at radius 2 is 1.77 bits per heavy atom. The molecule has 0 radical (unpaired) electrons. The SMILES string of the molecule is CCOC(=O)C1=C(c2ccccc2)N=c2s/c(=C\c3cccc(OC)c3OCc3ccccc3C#N)c(=O)n2[C@@H]1c1ccc(Cl)cc1. The van der Waals surface area contributed by atoms with Crippen LogP contribution in [0.1, 0.15) is 40.8 Å². The van der Waals surface area contributed by atoms with Crippen LogP contribution in [0.5, 0.6) is 11.5 Å². The molecular formula is C37H28ClN3O5S. The number of hydrogen-bond donors (Lipinski definition) is 0. The van der Waals surface area contributed by atoms with E-state index in [9.17, 15) is 14.9 Å². The van der Waals surface area contributed by atoms with E-state index in [4.69, 9.17) is 30.8 Å². The Hall–Kier alpha value is -5.43. The number of rotatable bonds is 9. The van der Waals surface area contributed by atoms with Gasteiger partial charge in [-0.1, -0.05) is 95.7 Å². The first-order valence-corrected chi connectivity index (χ1v) is 15.9. The van der Waals surface area contributed by atoms with Gasteiger partial charge in [-0.3, -0.25) is 9.36 Å². The number of carbonyl (C=O) groups is 1. The predicted octanol–water partition coefficient (Wildman–Crippen LogP) is 6.05. The van der Waals surface area contributed by atoms with Crippen LogP contribution in [-0.2, 0) is 16.1 Å². The highest BCUT2D eigenvalue weighted by Gasteiger charge is 2.35. The number of thiazole rings is 1. The van der Waals surface area contributed by atoms with E-state index in [1.54, 1.807) is 61.5 Å². The van der Waals surface area contributed by atoms with Crippen LogP contribution in [0.2, 0.25) is 5.02 Å². The summed E-state index contributed by atoms with van der Waals surface area (Å²) >= 11 is 7.44. The van der Waals surface area contributed by atoms with Crippen molar-refractivity contribution in [2.45, 2.75) is 19.6 Å². The minimum atomic E-state index is -0.830. The van der Waals surface area contributed by atoms with Crippen molar-refractivity contribution in [1.82, 2.24) is 4.57 Å². The number of benzene rings is 4. The first-order valence-electron chi connectivity index (χ1n) is 14.7. The molecule has 0 unspecified atom stereocenters. The van der Waals surface area contributed by atoms with Crippen molar-refractivity contribution >= 4 is 40.7 Å². The van der Waals surface area contributed by atoms with Crippen LogP contribution in [0.25, 0.3) is 11.8 Å². The molecule has 6 rings (SSSR count). The van der Waals surface area contributed by atoms with E-state index in [0.717, 1.165) is 0 Å². The number of para-hydroxylation sites is 1. The lowest BCUT2D eigenvalue weighted by Gasteiger charge is -2.26. The fraction of sp³-hybridized carbons (Fsp3) is 0.135. The topological polar surface area (TPSA) is 103 Å². The summed E-state index contributed by atoms with van der Waals surface area (Å²) in [7, 11) is 1.54. The summed E-state index contributed by atoms with van der Waals surface area (Å²) in [5.41, 5.74) is 3.55. The lowest BCUT2D eigenvalue weighted by atomic mass is 9.93. The number of methoxy groups -OCH3 is 1. The van der Waals surface area contributed by atoms with Crippen molar-refractivity contribution in [3.63, 3.8) is 0 Å². The molecule has 4 aromatic carbocycles. The van der Waals surface area contributed by atoms with E-state index in [0.29, 0.717) is 59.4 Å². The molecule has 0 saturated heterocycles. The molecule has 0 fully saturated rings. The van der Waals surface area contributed by atoms with Crippen LogP contribution in [0.15, 0.2) is 112 Å². The summed E-state index contributed by atoms with van der Waals surface area (Å²) in [5, 5.41) is 10.1. The summed E-state index contributed by atoms with van der Waals surface area (Å²) < 4.78 is 19.3. The van der Waals surface area contributed by atoms with Gasteiger partial charge in [-0.25, -0.2) is 9.79 Å². The maximum absolute atomic E-state index is 14.3. The third kappa shape index (κ3) is 6.34. The molecule has 0 bridgehead atoms. The molecule has 1 aliphatic rings. The largest absolute Gasteiger partial charge is 0.493 e. The van der Waals surface area contributed by atoms with Gasteiger partial charge >= 0.3 is 5.97 Å². The zero-order valence-electron chi connectivity index (χ0n) is 25.5. The quantitative estimate of drug-likeness (QED) is 0.178. The van der Waals surface area contributed by atoms with E-state index in [1.807, 2.05) is 48.5 Å². The molecule has 5 aromatic rings. The number of aromatic nitrogens is 1. The van der Waals surface area contributed by atoms with E-state index < -0.39 is 12.0 Å². The highest BCUT2D eigenvalue weighted by molar-refractivity contribution is 7.07. The molecule has 0 amide bonds. The molecular weight excluding hydrogens is 634 g/mol. The van der Waals surface area contributed by atoms with Crippen molar-refractivity contribution in [1.29, 1.82) is 5.26 Å². The Kier molecular flexibility index (Phi) is 9.34. The van der Waals surface area contributed by atoms with Crippen molar-refractivity contribution in [2.24, 2.45) is 4.99 Å². The van der Waals surface area contributed by atoms with Crippen LogP contribution in [0.3, 0.4) is 0 Å². The minimum absolute atomic E-state index is 0.117. The van der Waals surface area contributed by atoms with E-state index >= 15 is 0 Å². The first kappa shape index (κ1) is 31.5. The van der Waals surface area contributed by atoms with Gasteiger partial charge in [-0.15, -0.1) is 0 Å². The van der Waals surface area contributed by atoms with Gasteiger partial charge in [0.2, 0.25) is 0 Å². The molecule has 2 heterocycles. The van der Waals surface area contributed by atoms with Crippen LogP contribution >= 0.6 is 22.9 Å². The standard InChI is InChI=1S/C37H28ClN3O5S/c1-3-45-36(43)31-32(23-10-5-4-6-11-23)40-37-41(33(31)24-16-18-28(38)19-17-24)35(42)30(47-37)20-25-14-9-15-29(44-2)34(25)46-22-27-13-8-7-12-26(27)21-39/h4-20,33H,3,22H2,1-2H3/b30-20-/t33-/m1/s1. The lowest BCUT2D eigenvalue weighted by molar-refractivity contribution is -0.138. The monoisotopic (exact) mass is 661 g/mol. The minimum Gasteiger partial charge on any atom is -0.493 e.